The number of nitro benzene ring substituents is 1. The van der Waals surface area contributed by atoms with E-state index in [1.54, 1.807) is 20.8 Å². The van der Waals surface area contributed by atoms with Crippen molar-refractivity contribution in [1.82, 2.24) is 4.90 Å². The molecule has 2 aliphatic rings. The number of nitrogens with zero attached hydrogens (tertiary/aromatic N) is 3. The van der Waals surface area contributed by atoms with E-state index in [-0.39, 0.29) is 28.8 Å². The number of rotatable bonds is 3. The zero-order valence-electron chi connectivity index (χ0n) is 16.1. The molecule has 0 radical (unpaired) electrons. The first-order chi connectivity index (χ1) is 13.5. The van der Waals surface area contributed by atoms with E-state index < -0.39 is 46.6 Å². The molecular weight excluding hydrogens is 408 g/mol. The Kier molecular flexibility index (Phi) is 5.56. The van der Waals surface area contributed by atoms with Crippen LogP contribution < -0.4 is 0 Å². The fourth-order valence-corrected chi connectivity index (χ4v) is 5.24. The Balaban J connectivity index is 2.22. The summed E-state index contributed by atoms with van der Waals surface area (Å²) in [6, 6.07) is 3.08. The molecule has 11 heteroatoms. The maximum absolute atomic E-state index is 14.8. The van der Waals surface area contributed by atoms with Crippen molar-refractivity contribution in [2.75, 3.05) is 19.0 Å². The van der Waals surface area contributed by atoms with E-state index in [0.29, 0.717) is 0 Å². The highest BCUT2D eigenvalue weighted by molar-refractivity contribution is 8.13. The third-order valence-electron chi connectivity index (χ3n) is 5.10. The number of amidine groups is 1. The van der Waals surface area contributed by atoms with Crippen LogP contribution in [0.3, 0.4) is 0 Å². The first kappa shape index (κ1) is 21.4. The van der Waals surface area contributed by atoms with Gasteiger partial charge in [0, 0.05) is 34.9 Å². The molecule has 0 unspecified atom stereocenters. The molecule has 29 heavy (non-hydrogen) atoms. The van der Waals surface area contributed by atoms with E-state index in [1.807, 2.05) is 0 Å². The summed E-state index contributed by atoms with van der Waals surface area (Å²) in [7, 11) is 0. The lowest BCUT2D eigenvalue weighted by Gasteiger charge is -2.41. The van der Waals surface area contributed by atoms with E-state index in [4.69, 9.17) is 4.74 Å². The van der Waals surface area contributed by atoms with Gasteiger partial charge < -0.3 is 9.84 Å². The van der Waals surface area contributed by atoms with Gasteiger partial charge in [-0.15, -0.1) is 0 Å². The summed E-state index contributed by atoms with van der Waals surface area (Å²) < 4.78 is 33.9. The molecular formula is C18H21F2N3O5S. The number of carbonyl (C=O) groups is 1. The van der Waals surface area contributed by atoms with Crippen molar-refractivity contribution < 1.29 is 28.3 Å². The van der Waals surface area contributed by atoms with Crippen LogP contribution in [0.1, 0.15) is 26.3 Å². The molecule has 1 N–H and O–H groups in total. The van der Waals surface area contributed by atoms with Gasteiger partial charge in [0.05, 0.1) is 17.6 Å². The maximum Gasteiger partial charge on any atom is 0.413 e. The first-order valence-electron chi connectivity index (χ1n) is 8.89. The van der Waals surface area contributed by atoms with Gasteiger partial charge in [-0.2, -0.15) is 0 Å². The van der Waals surface area contributed by atoms with Crippen molar-refractivity contribution >= 4 is 28.7 Å². The van der Waals surface area contributed by atoms with Gasteiger partial charge in [-0.05, 0) is 26.8 Å². The van der Waals surface area contributed by atoms with Crippen LogP contribution in [0.5, 0.6) is 0 Å². The number of ether oxygens (including phenoxy) is 1. The highest BCUT2D eigenvalue weighted by atomic mass is 32.2. The minimum absolute atomic E-state index is 0.0929. The topological polar surface area (TPSA) is 105 Å². The van der Waals surface area contributed by atoms with Crippen LogP contribution in [0.2, 0.25) is 0 Å². The molecule has 2 aliphatic heterocycles. The summed E-state index contributed by atoms with van der Waals surface area (Å²) in [5.41, 5.74) is -2.72. The number of carboxylic acid groups (broad SMARTS) is 1. The average Bonchev–Trinajstić information content (AvgIpc) is 2.99. The summed E-state index contributed by atoms with van der Waals surface area (Å²) in [5, 5.41) is 21.0. The number of benzene rings is 1. The fourth-order valence-electron chi connectivity index (χ4n) is 3.71. The number of amides is 1. The van der Waals surface area contributed by atoms with Gasteiger partial charge in [0.1, 0.15) is 18.0 Å². The monoisotopic (exact) mass is 429 g/mol. The number of hydrogen-bond acceptors (Lipinski definition) is 6. The van der Waals surface area contributed by atoms with Gasteiger partial charge in [-0.1, -0.05) is 11.8 Å². The molecule has 3 rings (SSSR count). The Hall–Kier alpha value is -2.27. The Labute approximate surface area is 170 Å². The molecule has 0 spiro atoms. The average molecular weight is 429 g/mol. The predicted octanol–water partition coefficient (Wildman–Crippen LogP) is 3.80. The highest BCUT2D eigenvalue weighted by Crippen LogP contribution is 2.50. The highest BCUT2D eigenvalue weighted by Gasteiger charge is 2.55. The lowest BCUT2D eigenvalue weighted by molar-refractivity contribution is -0.385. The number of nitro groups is 1. The third-order valence-corrected chi connectivity index (χ3v) is 6.16. The third kappa shape index (κ3) is 3.68. The molecule has 0 saturated carbocycles. The summed E-state index contributed by atoms with van der Waals surface area (Å²) >= 11 is 1.12. The lowest BCUT2D eigenvalue weighted by atomic mass is 9.79. The number of thioether (sulfide) groups is 1. The summed E-state index contributed by atoms with van der Waals surface area (Å²) in [6.45, 7) is 4.04. The van der Waals surface area contributed by atoms with Crippen molar-refractivity contribution in [2.24, 2.45) is 10.9 Å². The molecule has 158 valence electrons. The van der Waals surface area contributed by atoms with Crippen molar-refractivity contribution in [3.8, 4) is 0 Å². The van der Waals surface area contributed by atoms with Crippen LogP contribution >= 0.6 is 11.8 Å². The predicted molar refractivity (Wildman–Crippen MR) is 103 cm³/mol. The van der Waals surface area contributed by atoms with Crippen molar-refractivity contribution in [1.29, 1.82) is 0 Å². The molecule has 1 amide bonds. The standard InChI is InChI=1S/C18H21F2N3O5S/c1-17(2,3)22(16(24)25)15-21-18(9-28-14(7-19)12(18)8-29-15)11-6-10(23(26)27)4-5-13(11)20/h4-6,12,14H,7-9H2,1-3H3,(H,24,25)/t12-,14-,18-/m1/s1. The second-order valence-electron chi connectivity index (χ2n) is 7.95. The van der Waals surface area contributed by atoms with Gasteiger partial charge in [-0.3, -0.25) is 15.0 Å². The Morgan fingerprint density at radius 2 is 2.21 bits per heavy atom. The minimum Gasteiger partial charge on any atom is -0.465 e. The lowest BCUT2D eigenvalue weighted by Crippen LogP contribution is -2.52. The van der Waals surface area contributed by atoms with Gasteiger partial charge in [0.2, 0.25) is 0 Å². The molecule has 8 nitrogen and oxygen atoms in total. The van der Waals surface area contributed by atoms with Gasteiger partial charge >= 0.3 is 6.09 Å². The van der Waals surface area contributed by atoms with Crippen LogP contribution in [0.25, 0.3) is 0 Å². The molecule has 3 atom stereocenters. The summed E-state index contributed by atoms with van der Waals surface area (Å²) in [6.07, 6.45) is -2.10. The van der Waals surface area contributed by atoms with Gasteiger partial charge in [0.15, 0.2) is 5.17 Å². The number of non-ortho nitro benzene ring substituents is 1. The summed E-state index contributed by atoms with van der Waals surface area (Å²) in [5.74, 6) is -1.11. The zero-order chi connectivity index (χ0) is 21.6. The smallest absolute Gasteiger partial charge is 0.413 e. The van der Waals surface area contributed by atoms with Crippen LogP contribution in [-0.4, -0.2) is 56.9 Å². The number of hydrogen-bond donors (Lipinski definition) is 1. The van der Waals surface area contributed by atoms with Crippen molar-refractivity contribution in [3.05, 3.63) is 39.7 Å². The molecule has 2 heterocycles. The molecule has 1 fully saturated rings. The molecule has 0 aromatic heterocycles. The second-order valence-corrected chi connectivity index (χ2v) is 8.94. The number of aliphatic imine (C=N–C) groups is 1. The van der Waals surface area contributed by atoms with E-state index in [1.165, 1.54) is 0 Å². The van der Waals surface area contributed by atoms with Gasteiger partial charge in [-0.25, -0.2) is 18.6 Å². The Morgan fingerprint density at radius 3 is 2.76 bits per heavy atom. The van der Waals surface area contributed by atoms with E-state index in [0.717, 1.165) is 34.9 Å². The fraction of sp³-hybridized carbons (Fsp3) is 0.556. The second kappa shape index (κ2) is 7.52. The van der Waals surface area contributed by atoms with E-state index >= 15 is 0 Å². The van der Waals surface area contributed by atoms with E-state index in [9.17, 15) is 28.8 Å². The number of halogens is 2. The quantitative estimate of drug-likeness (QED) is 0.579. The SMILES string of the molecule is CC(C)(C)N(C(=O)O)C1=N[C@@]2(c3cc([N+](=O)[O-])ccc3F)CO[C@H](CF)[C@H]2CS1. The largest absolute Gasteiger partial charge is 0.465 e. The van der Waals surface area contributed by atoms with Crippen molar-refractivity contribution in [3.63, 3.8) is 0 Å². The normalized spacial score (nSPS) is 26.6. The molecule has 0 aliphatic carbocycles. The van der Waals surface area contributed by atoms with Crippen molar-refractivity contribution in [2.45, 2.75) is 38.0 Å². The van der Waals surface area contributed by atoms with Crippen LogP contribution in [0, 0.1) is 21.8 Å². The Morgan fingerprint density at radius 1 is 1.52 bits per heavy atom. The Bertz CT molecular complexity index is 876. The maximum atomic E-state index is 14.8. The minimum atomic E-state index is -1.45. The number of alkyl halides is 1. The zero-order valence-corrected chi connectivity index (χ0v) is 16.9. The van der Waals surface area contributed by atoms with Gasteiger partial charge in [0.25, 0.3) is 5.69 Å². The van der Waals surface area contributed by atoms with Crippen LogP contribution in [0.4, 0.5) is 19.3 Å². The van der Waals surface area contributed by atoms with E-state index in [2.05, 4.69) is 4.99 Å². The van der Waals surface area contributed by atoms with Crippen LogP contribution in [-0.2, 0) is 10.3 Å². The number of fused-ring (bicyclic) bond motifs is 1. The molecule has 0 bridgehead atoms. The first-order valence-corrected chi connectivity index (χ1v) is 9.87. The van der Waals surface area contributed by atoms with Crippen LogP contribution in [0.15, 0.2) is 23.2 Å². The molecule has 1 saturated heterocycles. The molecule has 1 aromatic rings. The molecule has 1 aromatic carbocycles. The summed E-state index contributed by atoms with van der Waals surface area (Å²) in [4.78, 5) is 28.1.